The highest BCUT2D eigenvalue weighted by molar-refractivity contribution is 7.86. The lowest BCUT2D eigenvalue weighted by atomic mass is 10.0. The van der Waals surface area contributed by atoms with Crippen LogP contribution >= 0.6 is 0 Å². The summed E-state index contributed by atoms with van der Waals surface area (Å²) in [6, 6.07) is 43.9. The molecule has 0 bridgehead atoms. The molecule has 0 amide bonds. The lowest BCUT2D eigenvalue weighted by molar-refractivity contribution is 0.481. The van der Waals surface area contributed by atoms with Crippen molar-refractivity contribution in [1.82, 2.24) is 0 Å². The summed E-state index contributed by atoms with van der Waals surface area (Å²) in [7, 11) is -9.73. The molecule has 0 radical (unpaired) electrons. The zero-order valence-electron chi connectivity index (χ0n) is 38.1. The SMILES string of the molecule is Cc1ccc(N=Nc2ccc(N=Nc3c(N)c(N=Nc4ccc(-c5ccc(N=Nc6ccc(N)c(N=Nc7ccc(N=Nc8ccccc8)cc7)c6N)cc5S(=O)(=O)O)cc4)cc(S(=O)(=O)O)c3N)cc2)cc1. The van der Waals surface area contributed by atoms with Crippen molar-refractivity contribution in [3.8, 4) is 11.1 Å². The first-order valence-corrected chi connectivity index (χ1v) is 24.3. The maximum atomic E-state index is 12.7. The van der Waals surface area contributed by atoms with Crippen LogP contribution in [0, 0.1) is 6.92 Å². The Labute approximate surface area is 416 Å². The molecular weight excluding hydrogens is 973 g/mol. The van der Waals surface area contributed by atoms with Gasteiger partial charge in [-0.25, -0.2) is 0 Å². The number of hydrogen-bond donors (Lipinski definition) is 6. The van der Waals surface area contributed by atoms with E-state index < -0.39 is 35.7 Å². The standard InChI is InChI=1S/C49H40N16O6S2/c1-29-7-11-32(12-8-29)55-57-35-17-21-37(22-18-35)60-65-49-46(52)42(28-44(47(49)53)73(69,70)71)63-58-33-13-9-30(10-14-33)39-24-23-38(27-43(39)72(66,67)68)61-62-41-26-25-40(50)48(45(41)51)64-59-36-19-15-34(16-20-36)56-54-31-5-3-2-4-6-31/h2-28H,50-53H2,1H3,(H,66,67,68)(H,69,70,71). The predicted molar refractivity (Wildman–Crippen MR) is 278 cm³/mol. The predicted octanol–water partition coefficient (Wildman–Crippen LogP) is 15.0. The Morgan fingerprint density at radius 1 is 0.356 bits per heavy atom. The Bertz CT molecular complexity index is 3760. The first-order valence-electron chi connectivity index (χ1n) is 21.4. The fourth-order valence-corrected chi connectivity index (χ4v) is 7.93. The van der Waals surface area contributed by atoms with E-state index in [1.807, 2.05) is 61.5 Å². The fraction of sp³-hybridized carbons (Fsp3) is 0.0204. The van der Waals surface area contributed by atoms with E-state index in [-0.39, 0.29) is 56.7 Å². The van der Waals surface area contributed by atoms with Gasteiger partial charge in [0.05, 0.1) is 68.2 Å². The number of rotatable bonds is 15. The van der Waals surface area contributed by atoms with Gasteiger partial charge in [-0.1, -0.05) is 54.1 Å². The van der Waals surface area contributed by atoms with E-state index in [9.17, 15) is 25.9 Å². The van der Waals surface area contributed by atoms with Gasteiger partial charge in [-0.15, -0.1) is 20.5 Å². The van der Waals surface area contributed by atoms with E-state index in [0.29, 0.717) is 39.7 Å². The van der Waals surface area contributed by atoms with Crippen molar-refractivity contribution in [2.24, 2.45) is 61.4 Å². The van der Waals surface area contributed by atoms with Crippen LogP contribution in [0.2, 0.25) is 0 Å². The second-order valence-electron chi connectivity index (χ2n) is 15.6. The van der Waals surface area contributed by atoms with Crippen molar-refractivity contribution in [3.63, 3.8) is 0 Å². The first kappa shape index (κ1) is 49.8. The number of benzene rings is 8. The van der Waals surface area contributed by atoms with E-state index >= 15 is 0 Å². The normalized spacial score (nSPS) is 12.4. The van der Waals surface area contributed by atoms with Gasteiger partial charge in [0.1, 0.15) is 32.5 Å². The summed E-state index contributed by atoms with van der Waals surface area (Å²) in [6.45, 7) is 1.97. The van der Waals surface area contributed by atoms with Crippen LogP contribution in [0.15, 0.2) is 235 Å². The number of nitrogen functional groups attached to an aromatic ring is 4. The molecule has 8 aromatic rings. The van der Waals surface area contributed by atoms with Crippen LogP contribution in [-0.4, -0.2) is 25.9 Å². The molecule has 0 heterocycles. The Kier molecular flexibility index (Phi) is 14.7. The van der Waals surface area contributed by atoms with E-state index in [0.717, 1.165) is 17.7 Å². The minimum Gasteiger partial charge on any atom is -0.397 e. The zero-order chi connectivity index (χ0) is 51.7. The molecule has 0 aliphatic carbocycles. The van der Waals surface area contributed by atoms with Gasteiger partial charge in [-0.3, -0.25) is 9.11 Å². The summed E-state index contributed by atoms with van der Waals surface area (Å²) in [4.78, 5) is -1.22. The molecule has 0 aliphatic rings. The molecule has 8 aromatic carbocycles. The van der Waals surface area contributed by atoms with Crippen LogP contribution in [0.3, 0.4) is 0 Å². The third kappa shape index (κ3) is 12.6. The number of nitrogens with two attached hydrogens (primary N) is 4. The van der Waals surface area contributed by atoms with Gasteiger partial charge in [0, 0.05) is 5.56 Å². The van der Waals surface area contributed by atoms with Crippen molar-refractivity contribution in [1.29, 1.82) is 0 Å². The quantitative estimate of drug-likeness (QED) is 0.0320. The van der Waals surface area contributed by atoms with Crippen molar-refractivity contribution < 1.29 is 25.9 Å². The van der Waals surface area contributed by atoms with Crippen molar-refractivity contribution >= 4 is 111 Å². The van der Waals surface area contributed by atoms with Crippen LogP contribution in [-0.2, 0) is 20.2 Å². The minimum atomic E-state index is -4.91. The molecule has 24 heteroatoms. The molecule has 0 spiro atoms. The number of azo groups is 6. The maximum absolute atomic E-state index is 12.7. The third-order valence-electron chi connectivity index (χ3n) is 10.4. The molecule has 0 atom stereocenters. The molecule has 0 unspecified atom stereocenters. The fourth-order valence-electron chi connectivity index (χ4n) is 6.56. The summed E-state index contributed by atoms with van der Waals surface area (Å²) in [5.74, 6) is 0. The molecule has 10 N–H and O–H groups in total. The molecular formula is C49H40N16O6S2. The Hall–Kier alpha value is -9.62. The Balaban J connectivity index is 0.978. The summed E-state index contributed by atoms with van der Waals surface area (Å²) in [5.41, 5.74) is 29.4. The molecule has 0 saturated carbocycles. The number of hydrogen-bond acceptors (Lipinski definition) is 20. The van der Waals surface area contributed by atoms with Gasteiger partial charge in [0.25, 0.3) is 20.2 Å². The van der Waals surface area contributed by atoms with Crippen LogP contribution in [0.5, 0.6) is 0 Å². The molecule has 0 saturated heterocycles. The van der Waals surface area contributed by atoms with Crippen LogP contribution in [0.25, 0.3) is 11.1 Å². The van der Waals surface area contributed by atoms with E-state index in [1.54, 1.807) is 48.5 Å². The highest BCUT2D eigenvalue weighted by atomic mass is 32.2. The van der Waals surface area contributed by atoms with Crippen molar-refractivity contribution in [2.75, 3.05) is 22.9 Å². The Morgan fingerprint density at radius 3 is 1.27 bits per heavy atom. The lowest BCUT2D eigenvalue weighted by Crippen LogP contribution is -2.05. The molecule has 0 fully saturated rings. The molecule has 22 nitrogen and oxygen atoms in total. The second kappa shape index (κ2) is 21.6. The van der Waals surface area contributed by atoms with Gasteiger partial charge in [0.15, 0.2) is 0 Å². The van der Waals surface area contributed by atoms with E-state index in [4.69, 9.17) is 22.9 Å². The average Bonchev–Trinajstić information content (AvgIpc) is 3.38. The van der Waals surface area contributed by atoms with Crippen LogP contribution in [0.4, 0.5) is 91.0 Å². The molecule has 0 aliphatic heterocycles. The van der Waals surface area contributed by atoms with E-state index in [1.165, 1.54) is 48.5 Å². The van der Waals surface area contributed by atoms with Gasteiger partial charge >= 0.3 is 0 Å². The monoisotopic (exact) mass is 1010 g/mol. The highest BCUT2D eigenvalue weighted by Crippen LogP contribution is 2.44. The van der Waals surface area contributed by atoms with Crippen molar-refractivity contribution in [3.05, 3.63) is 169 Å². The highest BCUT2D eigenvalue weighted by Gasteiger charge is 2.23. The van der Waals surface area contributed by atoms with Gasteiger partial charge in [0.2, 0.25) is 0 Å². The second-order valence-corrected chi connectivity index (χ2v) is 18.4. The van der Waals surface area contributed by atoms with E-state index in [2.05, 4.69) is 61.4 Å². The third-order valence-corrected chi connectivity index (χ3v) is 12.2. The van der Waals surface area contributed by atoms with Crippen LogP contribution in [0.1, 0.15) is 5.56 Å². The molecule has 8 rings (SSSR count). The largest absolute Gasteiger partial charge is 0.397 e. The molecule has 0 aromatic heterocycles. The van der Waals surface area contributed by atoms with Gasteiger partial charge < -0.3 is 22.9 Å². The van der Waals surface area contributed by atoms with Gasteiger partial charge in [-0.2, -0.15) is 57.7 Å². The topological polar surface area (TPSA) is 361 Å². The Morgan fingerprint density at radius 2 is 0.753 bits per heavy atom. The summed E-state index contributed by atoms with van der Waals surface area (Å²) in [6.07, 6.45) is 0. The van der Waals surface area contributed by atoms with Gasteiger partial charge in [-0.05, 0) is 128 Å². The average molecular weight is 1010 g/mol. The summed E-state index contributed by atoms with van der Waals surface area (Å²) < 4.78 is 70.4. The minimum absolute atomic E-state index is 0.0460. The smallest absolute Gasteiger partial charge is 0.296 e. The number of anilines is 4. The van der Waals surface area contributed by atoms with Crippen LogP contribution < -0.4 is 22.9 Å². The summed E-state index contributed by atoms with van der Waals surface area (Å²) >= 11 is 0. The number of nitrogens with zero attached hydrogens (tertiary/aromatic N) is 12. The summed E-state index contributed by atoms with van der Waals surface area (Å²) in [5, 5.41) is 50.1. The number of aryl methyl sites for hydroxylation is 1. The molecule has 73 heavy (non-hydrogen) atoms. The molecule has 364 valence electrons. The first-order chi connectivity index (χ1) is 35.0. The maximum Gasteiger partial charge on any atom is 0.296 e. The zero-order valence-corrected chi connectivity index (χ0v) is 39.7. The van der Waals surface area contributed by atoms with Crippen molar-refractivity contribution in [2.45, 2.75) is 16.7 Å². The lowest BCUT2D eigenvalue weighted by Gasteiger charge is -2.10.